The molecule has 1 aliphatic heterocycles. The fourth-order valence-electron chi connectivity index (χ4n) is 2.77. The molecule has 0 aromatic heterocycles. The monoisotopic (exact) mass is 382 g/mol. The second kappa shape index (κ2) is 6.99. The lowest BCUT2D eigenvalue weighted by atomic mass is 10.1. The lowest BCUT2D eigenvalue weighted by molar-refractivity contribution is -0.137. The Morgan fingerprint density at radius 2 is 1.85 bits per heavy atom. The summed E-state index contributed by atoms with van der Waals surface area (Å²) in [5.74, 6) is -1.36. The second-order valence-electron chi connectivity index (χ2n) is 5.95. The van der Waals surface area contributed by atoms with Gasteiger partial charge in [-0.1, -0.05) is 17.7 Å². The van der Waals surface area contributed by atoms with Gasteiger partial charge in [0.25, 0.3) is 0 Å². The summed E-state index contributed by atoms with van der Waals surface area (Å²) in [6, 6.07) is 11.0. The predicted octanol–water partition coefficient (Wildman–Crippen LogP) is 4.35. The highest BCUT2D eigenvalue weighted by Gasteiger charge is 2.35. The maximum absolute atomic E-state index is 12.8. The van der Waals surface area contributed by atoms with Crippen LogP contribution in [0.25, 0.3) is 0 Å². The van der Waals surface area contributed by atoms with Gasteiger partial charge in [0.2, 0.25) is 11.8 Å². The maximum atomic E-state index is 12.8. The predicted molar refractivity (Wildman–Crippen MR) is 92.0 cm³/mol. The molecule has 1 aliphatic rings. The van der Waals surface area contributed by atoms with Crippen LogP contribution in [0, 0.1) is 5.92 Å². The highest BCUT2D eigenvalue weighted by Crippen LogP contribution is 2.31. The van der Waals surface area contributed by atoms with Crippen LogP contribution in [0.3, 0.4) is 0 Å². The Bertz CT molecular complexity index is 837. The minimum absolute atomic E-state index is 0.00653. The molecule has 0 bridgehead atoms. The van der Waals surface area contributed by atoms with Gasteiger partial charge in [0.15, 0.2) is 0 Å². The molecule has 0 spiro atoms. The van der Waals surface area contributed by atoms with Gasteiger partial charge in [-0.3, -0.25) is 9.59 Å². The SMILES string of the molecule is O=C(Nc1cccc(C(F)(F)F)c1)[C@@H]1CC(=O)N(c2ccc(Cl)cc2)C1. The molecule has 0 radical (unpaired) electrons. The van der Waals surface area contributed by atoms with E-state index < -0.39 is 23.6 Å². The fraction of sp³-hybridized carbons (Fsp3) is 0.222. The number of nitrogens with zero attached hydrogens (tertiary/aromatic N) is 1. The Kier molecular flexibility index (Phi) is 4.91. The van der Waals surface area contributed by atoms with Crippen LogP contribution in [0.15, 0.2) is 48.5 Å². The van der Waals surface area contributed by atoms with Crippen LogP contribution in [-0.2, 0) is 15.8 Å². The standard InChI is InChI=1S/C18H14ClF3N2O2/c19-13-4-6-15(7-5-13)24-10-11(8-16(24)25)17(26)23-14-3-1-2-12(9-14)18(20,21)22/h1-7,9,11H,8,10H2,(H,23,26)/t11-/m1/s1. The zero-order valence-electron chi connectivity index (χ0n) is 13.4. The smallest absolute Gasteiger partial charge is 0.326 e. The molecule has 8 heteroatoms. The first-order valence-electron chi connectivity index (χ1n) is 7.78. The number of hydrogen-bond donors (Lipinski definition) is 1. The van der Waals surface area contributed by atoms with Crippen LogP contribution in [-0.4, -0.2) is 18.4 Å². The minimum Gasteiger partial charge on any atom is -0.326 e. The summed E-state index contributed by atoms with van der Waals surface area (Å²) >= 11 is 5.82. The van der Waals surface area contributed by atoms with E-state index in [9.17, 15) is 22.8 Å². The van der Waals surface area contributed by atoms with E-state index in [-0.39, 0.29) is 24.6 Å². The highest BCUT2D eigenvalue weighted by atomic mass is 35.5. The molecule has 1 heterocycles. The summed E-state index contributed by atoms with van der Waals surface area (Å²) in [5, 5.41) is 2.99. The van der Waals surface area contributed by atoms with Crippen LogP contribution >= 0.6 is 11.6 Å². The number of nitrogens with one attached hydrogen (secondary N) is 1. The van der Waals surface area contributed by atoms with Crippen molar-refractivity contribution in [1.82, 2.24) is 0 Å². The average Bonchev–Trinajstić information content (AvgIpc) is 2.97. The Labute approximate surface area is 152 Å². The number of halogens is 4. The van der Waals surface area contributed by atoms with Gasteiger partial charge in [0, 0.05) is 29.4 Å². The second-order valence-corrected chi connectivity index (χ2v) is 6.39. The van der Waals surface area contributed by atoms with Gasteiger partial charge in [-0.2, -0.15) is 13.2 Å². The molecule has 26 heavy (non-hydrogen) atoms. The fourth-order valence-corrected chi connectivity index (χ4v) is 2.90. The number of amides is 2. The van der Waals surface area contributed by atoms with Crippen molar-refractivity contribution in [3.63, 3.8) is 0 Å². The lowest BCUT2D eigenvalue weighted by Gasteiger charge is -2.17. The molecule has 136 valence electrons. The van der Waals surface area contributed by atoms with E-state index in [1.165, 1.54) is 17.0 Å². The third kappa shape index (κ3) is 3.99. The molecule has 2 aromatic carbocycles. The first-order chi connectivity index (χ1) is 12.2. The highest BCUT2D eigenvalue weighted by molar-refractivity contribution is 6.30. The van der Waals surface area contributed by atoms with Crippen LogP contribution in [0.1, 0.15) is 12.0 Å². The Morgan fingerprint density at radius 3 is 2.50 bits per heavy atom. The Morgan fingerprint density at radius 1 is 1.15 bits per heavy atom. The molecule has 3 rings (SSSR count). The van der Waals surface area contributed by atoms with Gasteiger partial charge >= 0.3 is 6.18 Å². The zero-order valence-corrected chi connectivity index (χ0v) is 14.1. The molecular formula is C18H14ClF3N2O2. The third-order valence-electron chi connectivity index (χ3n) is 4.09. The molecule has 2 aromatic rings. The quantitative estimate of drug-likeness (QED) is 0.858. The Hall–Kier alpha value is -2.54. The largest absolute Gasteiger partial charge is 0.416 e. The van der Waals surface area contributed by atoms with Crippen molar-refractivity contribution in [3.8, 4) is 0 Å². The van der Waals surface area contributed by atoms with Gasteiger partial charge in [0.1, 0.15) is 0 Å². The summed E-state index contributed by atoms with van der Waals surface area (Å²) in [6.45, 7) is 0.158. The number of anilines is 2. The maximum Gasteiger partial charge on any atom is 0.416 e. The number of alkyl halides is 3. The van der Waals surface area contributed by atoms with E-state index in [2.05, 4.69) is 5.32 Å². The molecular weight excluding hydrogens is 369 g/mol. The summed E-state index contributed by atoms with van der Waals surface area (Å²) < 4.78 is 38.3. The lowest BCUT2D eigenvalue weighted by Crippen LogP contribution is -2.28. The first-order valence-corrected chi connectivity index (χ1v) is 8.16. The van der Waals surface area contributed by atoms with Gasteiger partial charge in [0.05, 0.1) is 11.5 Å². The van der Waals surface area contributed by atoms with Crippen LogP contribution in [0.2, 0.25) is 5.02 Å². The number of benzene rings is 2. The summed E-state index contributed by atoms with van der Waals surface area (Å²) in [6.07, 6.45) is -4.50. The molecule has 1 atom stereocenters. The minimum atomic E-state index is -4.49. The topological polar surface area (TPSA) is 49.4 Å². The normalized spacial score (nSPS) is 17.5. The molecule has 0 saturated carbocycles. The van der Waals surface area contributed by atoms with Crippen molar-refractivity contribution in [3.05, 3.63) is 59.1 Å². The van der Waals surface area contributed by atoms with Crippen molar-refractivity contribution in [2.75, 3.05) is 16.8 Å². The van der Waals surface area contributed by atoms with Crippen molar-refractivity contribution in [2.24, 2.45) is 5.92 Å². The summed E-state index contributed by atoms with van der Waals surface area (Å²) in [5.41, 5.74) is -0.184. The van der Waals surface area contributed by atoms with Gasteiger partial charge in [-0.15, -0.1) is 0 Å². The zero-order chi connectivity index (χ0) is 18.9. The number of carbonyl (C=O) groups is 2. The number of rotatable bonds is 3. The Balaban J connectivity index is 1.70. The molecule has 1 fully saturated rings. The van der Waals surface area contributed by atoms with Crippen LogP contribution < -0.4 is 10.2 Å². The van der Waals surface area contributed by atoms with Crippen molar-refractivity contribution < 1.29 is 22.8 Å². The van der Waals surface area contributed by atoms with Crippen LogP contribution in [0.4, 0.5) is 24.5 Å². The molecule has 0 aliphatic carbocycles. The van der Waals surface area contributed by atoms with Crippen molar-refractivity contribution in [2.45, 2.75) is 12.6 Å². The van der Waals surface area contributed by atoms with Gasteiger partial charge in [-0.05, 0) is 42.5 Å². The van der Waals surface area contributed by atoms with Gasteiger partial charge in [-0.25, -0.2) is 0 Å². The van der Waals surface area contributed by atoms with E-state index >= 15 is 0 Å². The third-order valence-corrected chi connectivity index (χ3v) is 4.34. The molecule has 1 saturated heterocycles. The summed E-state index contributed by atoms with van der Waals surface area (Å²) in [4.78, 5) is 26.0. The number of carbonyl (C=O) groups excluding carboxylic acids is 2. The van der Waals surface area contributed by atoms with Crippen LogP contribution in [0.5, 0.6) is 0 Å². The van der Waals surface area contributed by atoms with E-state index in [1.807, 2.05) is 0 Å². The molecule has 2 amide bonds. The molecule has 1 N–H and O–H groups in total. The summed E-state index contributed by atoms with van der Waals surface area (Å²) in [7, 11) is 0. The van der Waals surface area contributed by atoms with E-state index in [0.717, 1.165) is 12.1 Å². The van der Waals surface area contributed by atoms with E-state index in [0.29, 0.717) is 10.7 Å². The average molecular weight is 383 g/mol. The molecule has 0 unspecified atom stereocenters. The van der Waals surface area contributed by atoms with E-state index in [1.54, 1.807) is 24.3 Å². The van der Waals surface area contributed by atoms with Crippen molar-refractivity contribution >= 4 is 34.8 Å². The number of hydrogen-bond acceptors (Lipinski definition) is 2. The van der Waals surface area contributed by atoms with E-state index in [4.69, 9.17) is 11.6 Å². The molecule has 4 nitrogen and oxygen atoms in total. The first kappa shape index (κ1) is 18.3. The van der Waals surface area contributed by atoms with Crippen molar-refractivity contribution in [1.29, 1.82) is 0 Å². The van der Waals surface area contributed by atoms with Gasteiger partial charge < -0.3 is 10.2 Å².